The van der Waals surface area contributed by atoms with Crippen LogP contribution in [0.5, 0.6) is 23.0 Å². The van der Waals surface area contributed by atoms with Gasteiger partial charge in [-0.05, 0) is 127 Å². The summed E-state index contributed by atoms with van der Waals surface area (Å²) in [4.78, 5) is 79.0. The highest BCUT2D eigenvalue weighted by atomic mass is 19.4. The van der Waals surface area contributed by atoms with Crippen LogP contribution in [0.4, 0.5) is 58.4 Å². The zero-order valence-electron chi connectivity index (χ0n) is 39.5. The molecule has 0 spiro atoms. The molecule has 77 heavy (non-hydrogen) atoms. The quantitative estimate of drug-likeness (QED) is 0.0926. The third-order valence-electron chi connectivity index (χ3n) is 13.6. The molecule has 6 aromatic rings. The van der Waals surface area contributed by atoms with Gasteiger partial charge in [-0.3, -0.25) is 38.6 Å². The van der Waals surface area contributed by atoms with E-state index >= 15 is 52.7 Å². The molecule has 0 bridgehead atoms. The van der Waals surface area contributed by atoms with E-state index in [1.807, 2.05) is 0 Å². The predicted molar refractivity (Wildman–Crippen MR) is 246 cm³/mol. The average molecular weight is 1080 g/mol. The summed E-state index contributed by atoms with van der Waals surface area (Å²) in [6, 6.07) is 19.0. The van der Waals surface area contributed by atoms with Gasteiger partial charge in [0.2, 0.25) is 10.8 Å². The summed E-state index contributed by atoms with van der Waals surface area (Å²) in [5.41, 5.74) is -18.9. The van der Waals surface area contributed by atoms with Crippen LogP contribution in [-0.2, 0) is 26.0 Å². The number of anilines is 1. The smallest absolute Gasteiger partial charge is 0.411 e. The number of alkyl halides is 12. The lowest BCUT2D eigenvalue weighted by atomic mass is 9.71. The number of carbonyl (C=O) groups excluding carboxylic acids is 6. The van der Waals surface area contributed by atoms with Gasteiger partial charge >= 0.3 is 24.7 Å². The van der Waals surface area contributed by atoms with Gasteiger partial charge in [-0.1, -0.05) is 48.5 Å². The highest BCUT2D eigenvalue weighted by Gasteiger charge is 2.74. The lowest BCUT2D eigenvalue weighted by Gasteiger charge is -2.38. The largest absolute Gasteiger partial charge is 0.457 e. The SMILES string of the molecule is CN1C(=O)c2ccc(C(c3ccc4c(c3)C(=O)N(C(C)(C)c3ccc(Oc5ccc(C(c6ccc(Oc7ccc(N8C(=O)C=CC8=O)cc7)cc6)(C(F)(F)F)C(F)(F)F)cc5)cc3)C4=O)(C(F)(F)F)C(F)(F)F)cc2C1=O. The Morgan fingerprint density at radius 3 is 1.05 bits per heavy atom. The Kier molecular flexibility index (Phi) is 12.4. The van der Waals surface area contributed by atoms with Gasteiger partial charge in [0.05, 0.1) is 33.5 Å². The van der Waals surface area contributed by atoms with Crippen LogP contribution in [0.3, 0.4) is 0 Å². The molecule has 396 valence electrons. The van der Waals surface area contributed by atoms with Gasteiger partial charge in [0.1, 0.15) is 23.0 Å². The van der Waals surface area contributed by atoms with E-state index in [0.29, 0.717) is 70.5 Å². The summed E-state index contributed by atoms with van der Waals surface area (Å²) in [5, 5.41) is 0. The number of carbonyl (C=O) groups is 6. The van der Waals surface area contributed by atoms with E-state index in [2.05, 4.69) is 0 Å². The lowest BCUT2D eigenvalue weighted by Crippen LogP contribution is -2.55. The number of ether oxygens (including phenoxy) is 2. The lowest BCUT2D eigenvalue weighted by molar-refractivity contribution is -0.290. The number of hydrogen-bond donors (Lipinski definition) is 0. The van der Waals surface area contributed by atoms with Crippen molar-refractivity contribution < 1.29 is 90.9 Å². The third kappa shape index (κ3) is 8.25. The zero-order valence-corrected chi connectivity index (χ0v) is 39.5. The first-order valence-electron chi connectivity index (χ1n) is 22.5. The summed E-state index contributed by atoms with van der Waals surface area (Å²) < 4.78 is 193. The topological polar surface area (TPSA) is 131 Å². The molecule has 3 aliphatic rings. The number of rotatable bonds is 11. The number of benzene rings is 6. The van der Waals surface area contributed by atoms with Crippen molar-refractivity contribution in [3.63, 3.8) is 0 Å². The van der Waals surface area contributed by atoms with Crippen LogP contribution in [0.15, 0.2) is 146 Å². The van der Waals surface area contributed by atoms with Crippen molar-refractivity contribution in [2.75, 3.05) is 11.9 Å². The predicted octanol–water partition coefficient (Wildman–Crippen LogP) is 12.3. The van der Waals surface area contributed by atoms with Gasteiger partial charge in [0.25, 0.3) is 35.4 Å². The number of amides is 6. The molecule has 6 amide bonds. The van der Waals surface area contributed by atoms with Crippen molar-refractivity contribution in [2.45, 2.75) is 54.9 Å². The van der Waals surface area contributed by atoms with E-state index in [9.17, 15) is 28.8 Å². The molecule has 3 aliphatic heterocycles. The van der Waals surface area contributed by atoms with Crippen molar-refractivity contribution in [1.82, 2.24) is 9.80 Å². The van der Waals surface area contributed by atoms with Gasteiger partial charge in [0.15, 0.2) is 0 Å². The molecular formula is C54H33F12N3O8. The molecule has 0 unspecified atom stereocenters. The number of hydrogen-bond acceptors (Lipinski definition) is 8. The van der Waals surface area contributed by atoms with Crippen LogP contribution in [0.25, 0.3) is 0 Å². The van der Waals surface area contributed by atoms with Crippen LogP contribution in [0.1, 0.15) is 83.1 Å². The number of fused-ring (bicyclic) bond motifs is 2. The molecular weight excluding hydrogens is 1050 g/mol. The maximum Gasteiger partial charge on any atom is 0.411 e. The van der Waals surface area contributed by atoms with Crippen LogP contribution in [0.2, 0.25) is 0 Å². The van der Waals surface area contributed by atoms with Gasteiger partial charge in [-0.15, -0.1) is 0 Å². The van der Waals surface area contributed by atoms with Crippen LogP contribution in [-0.4, -0.2) is 77.0 Å². The number of halogens is 12. The van der Waals surface area contributed by atoms with Crippen molar-refractivity contribution >= 4 is 41.1 Å². The molecule has 0 atom stereocenters. The van der Waals surface area contributed by atoms with Gasteiger partial charge in [0, 0.05) is 19.2 Å². The first-order chi connectivity index (χ1) is 35.9. The van der Waals surface area contributed by atoms with E-state index in [1.165, 1.54) is 62.4 Å². The Balaban J connectivity index is 0.945. The zero-order chi connectivity index (χ0) is 56.2. The summed E-state index contributed by atoms with van der Waals surface area (Å²) in [6.45, 7) is 2.66. The molecule has 0 saturated carbocycles. The van der Waals surface area contributed by atoms with Crippen LogP contribution >= 0.6 is 0 Å². The molecule has 11 nitrogen and oxygen atoms in total. The van der Waals surface area contributed by atoms with Crippen molar-refractivity contribution in [3.8, 4) is 23.0 Å². The fourth-order valence-electron chi connectivity index (χ4n) is 9.74. The Bertz CT molecular complexity index is 3430. The monoisotopic (exact) mass is 1080 g/mol. The summed E-state index contributed by atoms with van der Waals surface area (Å²) in [5.74, 6) is -6.11. The normalized spacial score (nSPS) is 15.5. The summed E-state index contributed by atoms with van der Waals surface area (Å²) in [7, 11) is 0.989. The minimum atomic E-state index is -6.19. The van der Waals surface area contributed by atoms with Crippen molar-refractivity contribution in [3.05, 3.63) is 196 Å². The van der Waals surface area contributed by atoms with E-state index in [-0.39, 0.29) is 34.2 Å². The minimum Gasteiger partial charge on any atom is -0.457 e. The number of nitrogens with zero attached hydrogens (tertiary/aromatic N) is 3. The fraction of sp³-hybridized carbons (Fsp3) is 0.185. The molecule has 0 radical (unpaired) electrons. The Morgan fingerprint density at radius 2 is 0.662 bits per heavy atom. The molecule has 9 rings (SSSR count). The summed E-state index contributed by atoms with van der Waals surface area (Å²) in [6.07, 6.45) is -22.2. The molecule has 0 saturated heterocycles. The molecule has 0 aliphatic carbocycles. The van der Waals surface area contributed by atoms with Gasteiger partial charge in [-0.25, -0.2) is 4.90 Å². The van der Waals surface area contributed by atoms with Gasteiger partial charge < -0.3 is 9.47 Å². The third-order valence-corrected chi connectivity index (χ3v) is 13.6. The molecule has 3 heterocycles. The van der Waals surface area contributed by atoms with Crippen molar-refractivity contribution in [2.24, 2.45) is 0 Å². The first-order valence-corrected chi connectivity index (χ1v) is 22.5. The maximum absolute atomic E-state index is 15.2. The second kappa shape index (κ2) is 17.9. The highest BCUT2D eigenvalue weighted by Crippen LogP contribution is 2.59. The van der Waals surface area contributed by atoms with E-state index in [1.54, 1.807) is 0 Å². The minimum absolute atomic E-state index is 0.0672. The maximum atomic E-state index is 15.2. The van der Waals surface area contributed by atoms with Crippen LogP contribution in [0, 0.1) is 0 Å². The van der Waals surface area contributed by atoms with E-state index in [0.717, 1.165) is 48.4 Å². The molecule has 0 aromatic heterocycles. The Morgan fingerprint density at radius 1 is 0.364 bits per heavy atom. The van der Waals surface area contributed by atoms with E-state index in [4.69, 9.17) is 9.47 Å². The second-order valence-corrected chi connectivity index (χ2v) is 18.3. The Hall–Kier alpha value is -8.76. The van der Waals surface area contributed by atoms with Gasteiger partial charge in [-0.2, -0.15) is 52.7 Å². The average Bonchev–Trinajstić information content (AvgIpc) is 4.00. The second-order valence-electron chi connectivity index (χ2n) is 18.3. The molecule has 6 aromatic carbocycles. The van der Waals surface area contributed by atoms with E-state index < -0.39 is 121 Å². The van der Waals surface area contributed by atoms with Crippen molar-refractivity contribution in [1.29, 1.82) is 0 Å². The van der Waals surface area contributed by atoms with Crippen LogP contribution < -0.4 is 14.4 Å². The first kappa shape index (κ1) is 53.1. The molecule has 23 heteroatoms. The molecule has 0 fully saturated rings. The Labute approximate surface area is 426 Å². The molecule has 0 N–H and O–H groups in total. The standard InChI is InChI=1S/C54H33F12N3O8/c1-48(2,69-46(74)39-23-11-32(27-41(39)47(69)75)50(53(61,62)63,54(64,65)66)31-10-22-38-40(26-31)45(73)67(3)44(38)72)28-4-14-34(15-5-28)76-35-16-6-29(7-17-35)49(51(55,56)57,52(58,59)60)30-8-18-36(19-9-30)77-37-20-12-33(13-21-37)68-42(70)24-25-43(68)71/h4-27H,1-3H3. The summed E-state index contributed by atoms with van der Waals surface area (Å²) >= 11 is 0. The highest BCUT2D eigenvalue weighted by molar-refractivity contribution is 6.28. The number of imide groups is 3. The fourth-order valence-corrected chi connectivity index (χ4v) is 9.74.